The number of methoxy groups -OCH3 is 1. The first kappa shape index (κ1) is 20.8. The van der Waals surface area contributed by atoms with Crippen LogP contribution in [0, 0.1) is 0 Å². The van der Waals surface area contributed by atoms with Crippen LogP contribution in [-0.4, -0.2) is 51.9 Å². The van der Waals surface area contributed by atoms with Crippen molar-refractivity contribution >= 4 is 11.6 Å². The van der Waals surface area contributed by atoms with Crippen LogP contribution in [0.4, 0.5) is 5.69 Å². The molecule has 1 heterocycles. The molecule has 1 amide bonds. The largest absolute Gasteiger partial charge is 0.497 e. The summed E-state index contributed by atoms with van der Waals surface area (Å²) in [5.74, 6) is 0.945. The van der Waals surface area contributed by atoms with Crippen LogP contribution in [-0.2, 0) is 22.6 Å². The summed E-state index contributed by atoms with van der Waals surface area (Å²) in [6.07, 6.45) is 2.41. The van der Waals surface area contributed by atoms with Gasteiger partial charge in [0, 0.05) is 29.7 Å². The molecular formula is C24H33N3O3+2. The molecule has 2 aliphatic rings. The molecule has 6 heteroatoms. The summed E-state index contributed by atoms with van der Waals surface area (Å²) in [4.78, 5) is 15.6. The Kier molecular flexibility index (Phi) is 7.00. The first-order valence-electron chi connectivity index (χ1n) is 11.0. The van der Waals surface area contributed by atoms with E-state index in [9.17, 15) is 4.79 Å². The number of carbonyl (C=O) groups excluding carboxylic acids is 1. The van der Waals surface area contributed by atoms with Gasteiger partial charge in [0.05, 0.1) is 26.4 Å². The Morgan fingerprint density at radius 1 is 1.07 bits per heavy atom. The Hall–Kier alpha value is -2.41. The predicted molar refractivity (Wildman–Crippen MR) is 116 cm³/mol. The molecule has 1 atom stereocenters. The van der Waals surface area contributed by atoms with Crippen molar-refractivity contribution in [2.75, 3.05) is 45.3 Å². The number of ether oxygens (including phenoxy) is 2. The Balaban J connectivity index is 1.28. The van der Waals surface area contributed by atoms with Gasteiger partial charge in [-0.05, 0) is 36.4 Å². The number of carbonyl (C=O) groups is 1. The molecule has 0 aromatic heterocycles. The van der Waals surface area contributed by atoms with Gasteiger partial charge in [-0.15, -0.1) is 0 Å². The number of benzene rings is 2. The molecule has 6 nitrogen and oxygen atoms in total. The van der Waals surface area contributed by atoms with Crippen molar-refractivity contribution in [1.82, 2.24) is 0 Å². The molecule has 2 fully saturated rings. The quantitative estimate of drug-likeness (QED) is 0.556. The van der Waals surface area contributed by atoms with Crippen LogP contribution < -0.4 is 19.9 Å². The maximum absolute atomic E-state index is 12.7. The lowest BCUT2D eigenvalue weighted by atomic mass is 10.2. The third kappa shape index (κ3) is 6.05. The van der Waals surface area contributed by atoms with E-state index in [1.807, 2.05) is 24.3 Å². The van der Waals surface area contributed by atoms with Crippen molar-refractivity contribution in [1.29, 1.82) is 0 Å². The standard InChI is InChI=1S/C24H31N3O3/c1-29-23-10-4-20(5-11-23)17-27(22-8-9-22)18-24(28)25-21-6-2-19(3-7-21)16-26-12-14-30-15-13-26/h2-7,10-11,22H,8-9,12-18H2,1H3,(H,25,28)/p+2. The highest BCUT2D eigenvalue weighted by Crippen LogP contribution is 2.17. The third-order valence-electron chi connectivity index (χ3n) is 6.02. The van der Waals surface area contributed by atoms with Crippen LogP contribution in [0.25, 0.3) is 0 Å². The van der Waals surface area contributed by atoms with Crippen LogP contribution in [0.3, 0.4) is 0 Å². The molecular weight excluding hydrogens is 378 g/mol. The average molecular weight is 412 g/mol. The predicted octanol–water partition coefficient (Wildman–Crippen LogP) is 0.296. The molecule has 4 rings (SSSR count). The van der Waals surface area contributed by atoms with Gasteiger partial charge >= 0.3 is 0 Å². The molecule has 0 radical (unpaired) electrons. The lowest BCUT2D eigenvalue weighted by Crippen LogP contribution is -3.13. The second kappa shape index (κ2) is 10.1. The second-order valence-corrected chi connectivity index (χ2v) is 8.42. The van der Waals surface area contributed by atoms with Gasteiger partial charge in [-0.3, -0.25) is 4.79 Å². The molecule has 1 saturated heterocycles. The van der Waals surface area contributed by atoms with Crippen molar-refractivity contribution in [3.63, 3.8) is 0 Å². The van der Waals surface area contributed by atoms with E-state index in [2.05, 4.69) is 29.6 Å². The van der Waals surface area contributed by atoms with Gasteiger partial charge in [-0.1, -0.05) is 12.1 Å². The monoisotopic (exact) mass is 411 g/mol. The molecule has 1 saturated carbocycles. The number of amides is 1. The number of anilines is 1. The normalized spacial score (nSPS) is 18.0. The van der Waals surface area contributed by atoms with E-state index < -0.39 is 0 Å². The van der Waals surface area contributed by atoms with Gasteiger partial charge in [0.2, 0.25) is 0 Å². The third-order valence-corrected chi connectivity index (χ3v) is 6.02. The highest BCUT2D eigenvalue weighted by molar-refractivity contribution is 5.91. The molecule has 0 bridgehead atoms. The van der Waals surface area contributed by atoms with Crippen LogP contribution in [0.15, 0.2) is 48.5 Å². The van der Waals surface area contributed by atoms with E-state index in [1.54, 1.807) is 12.0 Å². The van der Waals surface area contributed by atoms with Crippen molar-refractivity contribution < 1.29 is 24.1 Å². The minimum Gasteiger partial charge on any atom is -0.497 e. The lowest BCUT2D eigenvalue weighted by Gasteiger charge is -2.23. The number of hydrogen-bond donors (Lipinski definition) is 3. The molecule has 30 heavy (non-hydrogen) atoms. The minimum atomic E-state index is 0.0805. The summed E-state index contributed by atoms with van der Waals surface area (Å²) in [5, 5.41) is 3.08. The van der Waals surface area contributed by atoms with E-state index in [0.717, 1.165) is 50.8 Å². The van der Waals surface area contributed by atoms with E-state index >= 15 is 0 Å². The lowest BCUT2D eigenvalue weighted by molar-refractivity contribution is -0.921. The molecule has 2 aromatic carbocycles. The number of morpholine rings is 1. The zero-order chi connectivity index (χ0) is 20.8. The fourth-order valence-corrected chi connectivity index (χ4v) is 4.09. The summed E-state index contributed by atoms with van der Waals surface area (Å²) in [6.45, 7) is 6.19. The van der Waals surface area contributed by atoms with Gasteiger partial charge in [-0.25, -0.2) is 0 Å². The van der Waals surface area contributed by atoms with E-state index in [1.165, 1.54) is 28.9 Å². The zero-order valence-corrected chi connectivity index (χ0v) is 17.8. The molecule has 1 aliphatic carbocycles. The summed E-state index contributed by atoms with van der Waals surface area (Å²) in [7, 11) is 1.68. The fraction of sp³-hybridized carbons (Fsp3) is 0.458. The first-order valence-corrected chi connectivity index (χ1v) is 11.0. The maximum Gasteiger partial charge on any atom is 0.279 e. The summed E-state index contributed by atoms with van der Waals surface area (Å²) < 4.78 is 10.7. The average Bonchev–Trinajstić information content (AvgIpc) is 3.61. The van der Waals surface area contributed by atoms with Crippen molar-refractivity contribution in [3.05, 3.63) is 59.7 Å². The Morgan fingerprint density at radius 2 is 1.73 bits per heavy atom. The Bertz CT molecular complexity index is 813. The van der Waals surface area contributed by atoms with Crippen LogP contribution in [0.5, 0.6) is 5.75 Å². The highest BCUT2D eigenvalue weighted by Gasteiger charge is 2.34. The van der Waals surface area contributed by atoms with Gasteiger partial charge in [-0.2, -0.15) is 0 Å². The fourth-order valence-electron chi connectivity index (χ4n) is 4.09. The van der Waals surface area contributed by atoms with E-state index in [-0.39, 0.29) is 5.91 Å². The van der Waals surface area contributed by atoms with Crippen molar-refractivity contribution in [3.8, 4) is 5.75 Å². The summed E-state index contributed by atoms with van der Waals surface area (Å²) >= 11 is 0. The molecule has 0 spiro atoms. The highest BCUT2D eigenvalue weighted by atomic mass is 16.5. The molecule has 1 unspecified atom stereocenters. The molecule has 1 aliphatic heterocycles. The topological polar surface area (TPSA) is 56.4 Å². The Morgan fingerprint density at radius 3 is 2.37 bits per heavy atom. The SMILES string of the molecule is COc1ccc(C[NH+](CC(=O)Nc2ccc(C[NH+]3CCOCC3)cc2)C2CC2)cc1. The smallest absolute Gasteiger partial charge is 0.279 e. The van der Waals surface area contributed by atoms with Gasteiger partial charge in [0.1, 0.15) is 31.9 Å². The number of rotatable bonds is 9. The van der Waals surface area contributed by atoms with Crippen LogP contribution in [0.2, 0.25) is 0 Å². The van der Waals surface area contributed by atoms with E-state index in [4.69, 9.17) is 9.47 Å². The van der Waals surface area contributed by atoms with Gasteiger partial charge < -0.3 is 24.6 Å². The first-order chi connectivity index (χ1) is 14.7. The Labute approximate surface area is 178 Å². The van der Waals surface area contributed by atoms with Gasteiger partial charge in [0.15, 0.2) is 6.54 Å². The van der Waals surface area contributed by atoms with Crippen molar-refractivity contribution in [2.45, 2.75) is 32.0 Å². The maximum atomic E-state index is 12.7. The van der Waals surface area contributed by atoms with Crippen LogP contribution >= 0.6 is 0 Å². The summed E-state index contributed by atoms with van der Waals surface area (Å²) in [5.41, 5.74) is 3.41. The number of nitrogens with one attached hydrogen (secondary N) is 3. The number of quaternary nitrogens is 2. The number of hydrogen-bond acceptors (Lipinski definition) is 3. The molecule has 160 valence electrons. The molecule has 2 aromatic rings. The summed E-state index contributed by atoms with van der Waals surface area (Å²) in [6, 6.07) is 17.0. The van der Waals surface area contributed by atoms with E-state index in [0.29, 0.717) is 12.6 Å². The zero-order valence-electron chi connectivity index (χ0n) is 17.8. The molecule has 3 N–H and O–H groups in total. The van der Waals surface area contributed by atoms with Gasteiger partial charge in [0.25, 0.3) is 5.91 Å². The van der Waals surface area contributed by atoms with Crippen molar-refractivity contribution in [2.24, 2.45) is 0 Å². The minimum absolute atomic E-state index is 0.0805. The second-order valence-electron chi connectivity index (χ2n) is 8.42. The van der Waals surface area contributed by atoms with Crippen LogP contribution in [0.1, 0.15) is 24.0 Å².